The zero-order valence-electron chi connectivity index (χ0n) is 12.7. The van der Waals surface area contributed by atoms with Crippen LogP contribution in [0.15, 0.2) is 77.8 Å². The fourth-order valence-corrected chi connectivity index (χ4v) is 2.51. The van der Waals surface area contributed by atoms with Crippen LogP contribution in [-0.2, 0) is 0 Å². The number of carbonyl (C=O) groups is 1. The van der Waals surface area contributed by atoms with Gasteiger partial charge in [0.25, 0.3) is 0 Å². The molecule has 118 valence electrons. The molecule has 0 heterocycles. The third-order valence-corrected chi connectivity index (χ3v) is 3.87. The second-order valence-electron chi connectivity index (χ2n) is 5.22. The molecule has 3 nitrogen and oxygen atoms in total. The molecular weight excluding hydrogens is 322 g/mol. The molecule has 0 aliphatic heterocycles. The van der Waals surface area contributed by atoms with Gasteiger partial charge in [-0.1, -0.05) is 60.1 Å². The molecule has 0 saturated heterocycles. The Morgan fingerprint density at radius 1 is 0.917 bits per heavy atom. The molecule has 0 aliphatic rings. The molecule has 0 bridgehead atoms. The SMILES string of the molecule is O=C(O)c1ccc(/C=N\c2ccc(-c3ccccc3)cc2Cl)cc1. The van der Waals surface area contributed by atoms with E-state index in [1.165, 1.54) is 0 Å². The van der Waals surface area contributed by atoms with Gasteiger partial charge >= 0.3 is 5.97 Å². The average molecular weight is 336 g/mol. The van der Waals surface area contributed by atoms with Gasteiger partial charge in [0.15, 0.2) is 0 Å². The number of hydrogen-bond acceptors (Lipinski definition) is 2. The molecule has 24 heavy (non-hydrogen) atoms. The summed E-state index contributed by atoms with van der Waals surface area (Å²) in [6, 6.07) is 22.2. The standard InChI is InChI=1S/C20H14ClNO2/c21-18-12-17(15-4-2-1-3-5-15)10-11-19(18)22-13-14-6-8-16(9-7-14)20(23)24/h1-13H,(H,23,24)/b22-13-. The van der Waals surface area contributed by atoms with Crippen molar-refractivity contribution in [3.8, 4) is 11.1 Å². The van der Waals surface area contributed by atoms with E-state index < -0.39 is 5.97 Å². The Morgan fingerprint density at radius 2 is 1.62 bits per heavy atom. The van der Waals surface area contributed by atoms with Gasteiger partial charge in [0.1, 0.15) is 0 Å². The maximum Gasteiger partial charge on any atom is 0.335 e. The van der Waals surface area contributed by atoms with Crippen molar-refractivity contribution in [2.24, 2.45) is 4.99 Å². The Kier molecular flexibility index (Phi) is 4.73. The van der Waals surface area contributed by atoms with E-state index in [9.17, 15) is 4.79 Å². The van der Waals surface area contributed by atoms with Gasteiger partial charge < -0.3 is 5.11 Å². The van der Waals surface area contributed by atoms with E-state index in [4.69, 9.17) is 16.7 Å². The lowest BCUT2D eigenvalue weighted by Gasteiger charge is -2.04. The van der Waals surface area contributed by atoms with Crippen LogP contribution in [0.2, 0.25) is 5.02 Å². The van der Waals surface area contributed by atoms with Crippen LogP contribution in [0.1, 0.15) is 15.9 Å². The van der Waals surface area contributed by atoms with Crippen LogP contribution in [-0.4, -0.2) is 17.3 Å². The minimum absolute atomic E-state index is 0.248. The Morgan fingerprint density at radius 3 is 2.25 bits per heavy atom. The third-order valence-electron chi connectivity index (χ3n) is 3.57. The van der Waals surface area contributed by atoms with Crippen LogP contribution >= 0.6 is 11.6 Å². The predicted octanol–water partition coefficient (Wildman–Crippen LogP) is 5.46. The maximum atomic E-state index is 10.8. The maximum absolute atomic E-state index is 10.8. The van der Waals surface area contributed by atoms with Gasteiger partial charge in [0.05, 0.1) is 16.3 Å². The van der Waals surface area contributed by atoms with E-state index in [1.54, 1.807) is 30.5 Å². The number of rotatable bonds is 4. The monoisotopic (exact) mass is 335 g/mol. The molecule has 0 aliphatic carbocycles. The Balaban J connectivity index is 1.81. The quantitative estimate of drug-likeness (QED) is 0.644. The number of benzene rings is 3. The summed E-state index contributed by atoms with van der Waals surface area (Å²) >= 11 is 6.32. The van der Waals surface area contributed by atoms with Gasteiger partial charge in [0.2, 0.25) is 0 Å². The number of aromatic carboxylic acids is 1. The molecule has 0 unspecified atom stereocenters. The van der Waals surface area contributed by atoms with Gasteiger partial charge in [-0.25, -0.2) is 4.79 Å². The van der Waals surface area contributed by atoms with Crippen molar-refractivity contribution in [3.05, 3.63) is 88.9 Å². The first-order valence-corrected chi connectivity index (χ1v) is 7.74. The number of aliphatic imine (C=N–C) groups is 1. The zero-order chi connectivity index (χ0) is 16.9. The Hall–Kier alpha value is -2.91. The van der Waals surface area contributed by atoms with E-state index in [1.807, 2.05) is 48.5 Å². The van der Waals surface area contributed by atoms with Gasteiger partial charge in [-0.2, -0.15) is 0 Å². The van der Waals surface area contributed by atoms with E-state index in [2.05, 4.69) is 4.99 Å². The highest BCUT2D eigenvalue weighted by atomic mass is 35.5. The highest BCUT2D eigenvalue weighted by Crippen LogP contribution is 2.30. The number of halogens is 1. The minimum Gasteiger partial charge on any atom is -0.478 e. The molecule has 0 spiro atoms. The smallest absolute Gasteiger partial charge is 0.335 e. The van der Waals surface area contributed by atoms with Crippen LogP contribution in [0.3, 0.4) is 0 Å². The van der Waals surface area contributed by atoms with Crippen molar-refractivity contribution < 1.29 is 9.90 Å². The molecule has 1 N–H and O–H groups in total. The van der Waals surface area contributed by atoms with Crippen LogP contribution in [0, 0.1) is 0 Å². The molecule has 3 aromatic rings. The van der Waals surface area contributed by atoms with Crippen molar-refractivity contribution in [1.82, 2.24) is 0 Å². The molecule has 0 radical (unpaired) electrons. The number of carboxylic acids is 1. The van der Waals surface area contributed by atoms with Gasteiger partial charge in [0, 0.05) is 6.21 Å². The molecule has 0 fully saturated rings. The summed E-state index contributed by atoms with van der Waals surface area (Å²) in [5.41, 5.74) is 3.85. The second kappa shape index (κ2) is 7.11. The Labute approximate surface area is 144 Å². The number of carboxylic acid groups (broad SMARTS) is 1. The first-order valence-electron chi connectivity index (χ1n) is 7.36. The predicted molar refractivity (Wildman–Crippen MR) is 97.5 cm³/mol. The summed E-state index contributed by atoms with van der Waals surface area (Å²) in [6.45, 7) is 0. The van der Waals surface area contributed by atoms with Crippen molar-refractivity contribution in [3.63, 3.8) is 0 Å². The highest BCUT2D eigenvalue weighted by molar-refractivity contribution is 6.33. The van der Waals surface area contributed by atoms with E-state index in [0.717, 1.165) is 16.7 Å². The van der Waals surface area contributed by atoms with Crippen LogP contribution in [0.4, 0.5) is 5.69 Å². The summed E-state index contributed by atoms with van der Waals surface area (Å²) in [5, 5.41) is 9.45. The molecule has 0 amide bonds. The minimum atomic E-state index is -0.946. The topological polar surface area (TPSA) is 49.7 Å². The normalized spacial score (nSPS) is 10.9. The highest BCUT2D eigenvalue weighted by Gasteiger charge is 2.03. The summed E-state index contributed by atoms with van der Waals surface area (Å²) in [6.07, 6.45) is 1.66. The molecule has 3 aromatic carbocycles. The number of nitrogens with zero attached hydrogens (tertiary/aromatic N) is 1. The summed E-state index contributed by atoms with van der Waals surface area (Å²) < 4.78 is 0. The lowest BCUT2D eigenvalue weighted by atomic mass is 10.1. The lowest BCUT2D eigenvalue weighted by molar-refractivity contribution is 0.0697. The first kappa shape index (κ1) is 16.0. The average Bonchev–Trinajstić information content (AvgIpc) is 2.62. The zero-order valence-corrected chi connectivity index (χ0v) is 13.4. The van der Waals surface area contributed by atoms with E-state index in [-0.39, 0.29) is 5.56 Å². The van der Waals surface area contributed by atoms with Crippen molar-refractivity contribution >= 4 is 29.5 Å². The van der Waals surface area contributed by atoms with Crippen LogP contribution in [0.25, 0.3) is 11.1 Å². The summed E-state index contributed by atoms with van der Waals surface area (Å²) in [5.74, 6) is -0.946. The molecule has 3 rings (SSSR count). The fraction of sp³-hybridized carbons (Fsp3) is 0. The van der Waals surface area contributed by atoms with Crippen molar-refractivity contribution in [1.29, 1.82) is 0 Å². The third kappa shape index (κ3) is 3.70. The molecule has 0 aromatic heterocycles. The number of hydrogen-bond donors (Lipinski definition) is 1. The summed E-state index contributed by atoms with van der Waals surface area (Å²) in [7, 11) is 0. The van der Waals surface area contributed by atoms with E-state index >= 15 is 0 Å². The van der Waals surface area contributed by atoms with Gasteiger partial charge in [-0.05, 0) is 41.0 Å². The van der Waals surface area contributed by atoms with Crippen molar-refractivity contribution in [2.75, 3.05) is 0 Å². The van der Waals surface area contributed by atoms with Crippen LogP contribution in [0.5, 0.6) is 0 Å². The van der Waals surface area contributed by atoms with Crippen LogP contribution < -0.4 is 0 Å². The van der Waals surface area contributed by atoms with Gasteiger partial charge in [-0.15, -0.1) is 0 Å². The lowest BCUT2D eigenvalue weighted by Crippen LogP contribution is -1.95. The Bertz CT molecular complexity index is 887. The largest absolute Gasteiger partial charge is 0.478 e. The second-order valence-corrected chi connectivity index (χ2v) is 5.62. The molecule has 0 atom stereocenters. The first-order chi connectivity index (χ1) is 11.6. The van der Waals surface area contributed by atoms with E-state index in [0.29, 0.717) is 10.7 Å². The van der Waals surface area contributed by atoms with Crippen molar-refractivity contribution in [2.45, 2.75) is 0 Å². The molecule has 4 heteroatoms. The molecular formula is C20H14ClNO2. The van der Waals surface area contributed by atoms with Gasteiger partial charge in [-0.3, -0.25) is 4.99 Å². The summed E-state index contributed by atoms with van der Waals surface area (Å²) in [4.78, 5) is 15.2. The fourth-order valence-electron chi connectivity index (χ4n) is 2.28. The molecule has 0 saturated carbocycles.